The number of nitrogens with zero attached hydrogens (tertiary/aromatic N) is 2. The predicted octanol–water partition coefficient (Wildman–Crippen LogP) is 6.28. The lowest BCUT2D eigenvalue weighted by Crippen LogP contribution is -2.04. The Morgan fingerprint density at radius 3 is 2.55 bits per heavy atom. The van der Waals surface area contributed by atoms with E-state index in [1.807, 2.05) is 24.4 Å². The first-order valence-electron chi connectivity index (χ1n) is 8.70. The Morgan fingerprint density at radius 2 is 1.86 bits per heavy atom. The number of anilines is 1. The lowest BCUT2D eigenvalue weighted by Gasteiger charge is -2.11. The SMILES string of the molecule is Cc1csc2nc(-c3ccc(C(=O)O)cc3)nc(NCc3ccc(Cl)c(Cl)c3)c12. The molecule has 4 rings (SSSR count). The highest BCUT2D eigenvalue weighted by Crippen LogP contribution is 2.32. The molecule has 0 unspecified atom stereocenters. The van der Waals surface area contributed by atoms with Crippen LogP contribution in [0.3, 0.4) is 0 Å². The summed E-state index contributed by atoms with van der Waals surface area (Å²) in [5.74, 6) is 0.288. The smallest absolute Gasteiger partial charge is 0.335 e. The molecule has 0 radical (unpaired) electrons. The molecule has 0 spiro atoms. The number of carbonyl (C=O) groups is 1. The molecule has 0 bridgehead atoms. The van der Waals surface area contributed by atoms with Crippen molar-refractivity contribution in [2.24, 2.45) is 0 Å². The van der Waals surface area contributed by atoms with E-state index < -0.39 is 5.97 Å². The van der Waals surface area contributed by atoms with Gasteiger partial charge in [0, 0.05) is 12.1 Å². The van der Waals surface area contributed by atoms with Gasteiger partial charge in [0.25, 0.3) is 0 Å². The number of aromatic carboxylic acids is 1. The quantitative estimate of drug-likeness (QED) is 0.379. The van der Waals surface area contributed by atoms with E-state index in [9.17, 15) is 4.79 Å². The van der Waals surface area contributed by atoms with Gasteiger partial charge >= 0.3 is 5.97 Å². The van der Waals surface area contributed by atoms with Gasteiger partial charge in [-0.05, 0) is 47.7 Å². The molecule has 0 amide bonds. The number of halogens is 2. The van der Waals surface area contributed by atoms with Gasteiger partial charge in [0.2, 0.25) is 0 Å². The Hall–Kier alpha value is -2.67. The van der Waals surface area contributed by atoms with Crippen LogP contribution in [0.2, 0.25) is 10.0 Å². The van der Waals surface area contributed by atoms with E-state index in [2.05, 4.69) is 10.3 Å². The van der Waals surface area contributed by atoms with Crippen LogP contribution in [-0.4, -0.2) is 21.0 Å². The average Bonchev–Trinajstić information content (AvgIpc) is 3.09. The molecule has 146 valence electrons. The maximum Gasteiger partial charge on any atom is 0.335 e. The molecule has 2 heterocycles. The van der Waals surface area contributed by atoms with Crippen LogP contribution in [0.1, 0.15) is 21.5 Å². The van der Waals surface area contributed by atoms with Gasteiger partial charge in [-0.2, -0.15) is 0 Å². The van der Waals surface area contributed by atoms with Gasteiger partial charge in [0.1, 0.15) is 10.6 Å². The highest BCUT2D eigenvalue weighted by Gasteiger charge is 2.14. The third-order valence-electron chi connectivity index (χ3n) is 4.45. The number of aryl methyl sites for hydroxylation is 1. The van der Waals surface area contributed by atoms with Gasteiger partial charge in [0.15, 0.2) is 5.82 Å². The Bertz CT molecular complexity index is 1220. The molecule has 2 N–H and O–H groups in total. The molecule has 29 heavy (non-hydrogen) atoms. The van der Waals surface area contributed by atoms with Crippen LogP contribution in [0.5, 0.6) is 0 Å². The number of thiophene rings is 1. The maximum absolute atomic E-state index is 11.1. The molecule has 5 nitrogen and oxygen atoms in total. The zero-order chi connectivity index (χ0) is 20.5. The standard InChI is InChI=1S/C21H15Cl2N3O2S/c1-11-10-29-20-17(11)19(24-9-12-2-7-15(22)16(23)8-12)25-18(26-20)13-3-5-14(6-4-13)21(27)28/h2-8,10H,9H2,1H3,(H,27,28)(H,24,25,26). The number of rotatable bonds is 5. The maximum atomic E-state index is 11.1. The van der Waals surface area contributed by atoms with Gasteiger partial charge in [0.05, 0.1) is 21.0 Å². The van der Waals surface area contributed by atoms with Gasteiger partial charge < -0.3 is 10.4 Å². The van der Waals surface area contributed by atoms with Gasteiger partial charge in [-0.1, -0.05) is 41.4 Å². The van der Waals surface area contributed by atoms with E-state index in [1.54, 1.807) is 41.7 Å². The first-order valence-corrected chi connectivity index (χ1v) is 10.3. The second kappa shape index (κ2) is 7.99. The molecule has 8 heteroatoms. The summed E-state index contributed by atoms with van der Waals surface area (Å²) in [6.45, 7) is 2.55. The largest absolute Gasteiger partial charge is 0.478 e. The van der Waals surface area contributed by atoms with Crippen molar-refractivity contribution in [1.82, 2.24) is 9.97 Å². The fraction of sp³-hybridized carbons (Fsp3) is 0.0952. The monoisotopic (exact) mass is 443 g/mol. The van der Waals surface area contributed by atoms with E-state index >= 15 is 0 Å². The van der Waals surface area contributed by atoms with E-state index in [4.69, 9.17) is 33.3 Å². The zero-order valence-corrected chi connectivity index (χ0v) is 17.6. The summed E-state index contributed by atoms with van der Waals surface area (Å²) in [6.07, 6.45) is 0. The first-order chi connectivity index (χ1) is 13.9. The van der Waals surface area contributed by atoms with E-state index in [1.165, 1.54) is 0 Å². The lowest BCUT2D eigenvalue weighted by atomic mass is 10.1. The summed E-state index contributed by atoms with van der Waals surface area (Å²) >= 11 is 13.7. The molecule has 2 aromatic heterocycles. The molecule has 0 aliphatic rings. The van der Waals surface area contributed by atoms with Crippen molar-refractivity contribution in [3.8, 4) is 11.4 Å². The van der Waals surface area contributed by atoms with Gasteiger partial charge in [-0.3, -0.25) is 0 Å². The van der Waals surface area contributed by atoms with Crippen LogP contribution >= 0.6 is 34.5 Å². The Labute approximate surface area is 181 Å². The number of aromatic nitrogens is 2. The van der Waals surface area contributed by atoms with Crippen molar-refractivity contribution >= 4 is 56.5 Å². The second-order valence-corrected chi connectivity index (χ2v) is 8.15. The first kappa shape index (κ1) is 19.6. The zero-order valence-electron chi connectivity index (χ0n) is 15.2. The number of hydrogen-bond acceptors (Lipinski definition) is 5. The number of hydrogen-bond donors (Lipinski definition) is 2. The average molecular weight is 444 g/mol. The minimum Gasteiger partial charge on any atom is -0.478 e. The molecule has 0 saturated heterocycles. The summed E-state index contributed by atoms with van der Waals surface area (Å²) in [6, 6.07) is 12.0. The second-order valence-electron chi connectivity index (χ2n) is 6.48. The van der Waals surface area contributed by atoms with Crippen LogP contribution in [-0.2, 0) is 6.54 Å². The minimum atomic E-state index is -0.967. The van der Waals surface area contributed by atoms with Crippen molar-refractivity contribution < 1.29 is 9.90 Å². The molecule has 4 aromatic rings. The third kappa shape index (κ3) is 4.05. The third-order valence-corrected chi connectivity index (χ3v) is 6.18. The van der Waals surface area contributed by atoms with E-state index in [0.717, 1.165) is 32.7 Å². The van der Waals surface area contributed by atoms with E-state index in [0.29, 0.717) is 22.4 Å². The van der Waals surface area contributed by atoms with Crippen LogP contribution in [0.4, 0.5) is 5.82 Å². The van der Waals surface area contributed by atoms with Crippen molar-refractivity contribution in [2.75, 3.05) is 5.32 Å². The van der Waals surface area contributed by atoms with Crippen LogP contribution < -0.4 is 5.32 Å². The van der Waals surface area contributed by atoms with Crippen molar-refractivity contribution in [3.63, 3.8) is 0 Å². The summed E-state index contributed by atoms with van der Waals surface area (Å²) in [4.78, 5) is 21.3. The topological polar surface area (TPSA) is 75.1 Å². The Morgan fingerprint density at radius 1 is 1.10 bits per heavy atom. The highest BCUT2D eigenvalue weighted by atomic mass is 35.5. The van der Waals surface area contributed by atoms with Gasteiger partial charge in [-0.25, -0.2) is 14.8 Å². The summed E-state index contributed by atoms with van der Waals surface area (Å²) < 4.78 is 0. The lowest BCUT2D eigenvalue weighted by molar-refractivity contribution is 0.0697. The van der Waals surface area contributed by atoms with Crippen LogP contribution in [0.25, 0.3) is 21.6 Å². The van der Waals surface area contributed by atoms with Crippen molar-refractivity contribution in [2.45, 2.75) is 13.5 Å². The van der Waals surface area contributed by atoms with E-state index in [-0.39, 0.29) is 5.56 Å². The molecule has 0 saturated carbocycles. The summed E-state index contributed by atoms with van der Waals surface area (Å²) in [5, 5.41) is 16.5. The van der Waals surface area contributed by atoms with Crippen molar-refractivity contribution in [1.29, 1.82) is 0 Å². The number of benzene rings is 2. The van der Waals surface area contributed by atoms with Crippen LogP contribution in [0, 0.1) is 6.92 Å². The Balaban J connectivity index is 1.71. The fourth-order valence-electron chi connectivity index (χ4n) is 2.94. The number of carboxylic acid groups (broad SMARTS) is 1. The highest BCUT2D eigenvalue weighted by molar-refractivity contribution is 7.17. The molecule has 0 aliphatic heterocycles. The summed E-state index contributed by atoms with van der Waals surface area (Å²) in [5.41, 5.74) is 3.04. The number of nitrogens with one attached hydrogen (secondary N) is 1. The minimum absolute atomic E-state index is 0.222. The molecule has 0 fully saturated rings. The molecule has 0 aliphatic carbocycles. The van der Waals surface area contributed by atoms with Crippen molar-refractivity contribution in [3.05, 3.63) is 74.6 Å². The van der Waals surface area contributed by atoms with Crippen LogP contribution in [0.15, 0.2) is 47.8 Å². The molecular weight excluding hydrogens is 429 g/mol. The molecule has 2 aromatic carbocycles. The fourth-order valence-corrected chi connectivity index (χ4v) is 4.18. The molecule has 0 atom stereocenters. The predicted molar refractivity (Wildman–Crippen MR) is 118 cm³/mol. The van der Waals surface area contributed by atoms with Gasteiger partial charge in [-0.15, -0.1) is 11.3 Å². The normalized spacial score (nSPS) is 11.0. The number of fused-ring (bicyclic) bond motifs is 1. The molecular formula is C21H15Cl2N3O2S. The number of carboxylic acids is 1. The summed E-state index contributed by atoms with van der Waals surface area (Å²) in [7, 11) is 0. The Kier molecular flexibility index (Phi) is 5.41.